The Hall–Kier alpha value is -2.08. The van der Waals surface area contributed by atoms with E-state index in [2.05, 4.69) is 0 Å². The highest BCUT2D eigenvalue weighted by Gasteiger charge is 2.39. The molecule has 1 N–H and O–H groups in total. The Balaban J connectivity index is 2.11. The number of carbonyl (C=O) groups is 2. The normalized spacial score (nSPS) is 21.1. The summed E-state index contributed by atoms with van der Waals surface area (Å²) in [6.07, 6.45) is 0. The van der Waals surface area contributed by atoms with Gasteiger partial charge in [0.25, 0.3) is 0 Å². The van der Waals surface area contributed by atoms with Crippen LogP contribution in [-0.4, -0.2) is 55.4 Å². The summed E-state index contributed by atoms with van der Waals surface area (Å²) >= 11 is 0. The van der Waals surface area contributed by atoms with Crippen LogP contribution >= 0.6 is 0 Å². The van der Waals surface area contributed by atoms with Crippen LogP contribution < -0.4 is 4.90 Å². The topological polar surface area (TPSA) is 70.1 Å². The molecule has 1 aromatic carbocycles. The van der Waals surface area contributed by atoms with Gasteiger partial charge in [-0.1, -0.05) is 17.7 Å². The molecule has 114 valence electrons. The zero-order valence-electron chi connectivity index (χ0n) is 12.4. The summed E-state index contributed by atoms with van der Waals surface area (Å²) in [6.45, 7) is 2.37. The third-order valence-corrected chi connectivity index (χ3v) is 3.88. The maximum absolute atomic E-state index is 12.5. The molecule has 6 nitrogen and oxygen atoms in total. The predicted molar refractivity (Wildman–Crippen MR) is 78.5 cm³/mol. The highest BCUT2D eigenvalue weighted by molar-refractivity contribution is 5.91. The predicted octanol–water partition coefficient (Wildman–Crippen LogP) is 1.58. The molecule has 1 heterocycles. The molecule has 1 fully saturated rings. The number of anilines is 1. The first-order chi connectivity index (χ1) is 9.91. The summed E-state index contributed by atoms with van der Waals surface area (Å²) in [4.78, 5) is 26.6. The van der Waals surface area contributed by atoms with Gasteiger partial charge in [-0.05, 0) is 19.1 Å². The van der Waals surface area contributed by atoms with Gasteiger partial charge >= 0.3 is 12.0 Å². The van der Waals surface area contributed by atoms with E-state index in [-0.39, 0.29) is 19.2 Å². The first kappa shape index (κ1) is 15.3. The number of hydrogen-bond acceptors (Lipinski definition) is 3. The molecule has 21 heavy (non-hydrogen) atoms. The molecule has 0 aromatic heterocycles. The number of aryl methyl sites for hydroxylation is 1. The molecule has 0 spiro atoms. The second-order valence-corrected chi connectivity index (χ2v) is 5.34. The number of aliphatic carboxylic acids is 1. The number of carboxylic acids is 1. The van der Waals surface area contributed by atoms with Crippen LogP contribution in [0.2, 0.25) is 0 Å². The maximum Gasteiger partial charge on any atom is 0.324 e. The van der Waals surface area contributed by atoms with Crippen LogP contribution in [0, 0.1) is 12.8 Å². The standard InChI is InChI=1S/C15H20N2O4/c1-10-4-6-11(7-5-10)16(2)15(20)17(3)13-9-21-8-12(13)14(18)19/h4-7,12-13H,8-9H2,1-3H3,(H,18,19). The Kier molecular flexibility index (Phi) is 4.47. The number of nitrogens with zero attached hydrogens (tertiary/aromatic N) is 2. The highest BCUT2D eigenvalue weighted by atomic mass is 16.5. The van der Waals surface area contributed by atoms with Crippen molar-refractivity contribution in [2.45, 2.75) is 13.0 Å². The smallest absolute Gasteiger partial charge is 0.324 e. The third kappa shape index (κ3) is 3.16. The van der Waals surface area contributed by atoms with Gasteiger partial charge in [0.1, 0.15) is 5.92 Å². The Morgan fingerprint density at radius 1 is 1.19 bits per heavy atom. The fourth-order valence-electron chi connectivity index (χ4n) is 2.42. The molecule has 6 heteroatoms. The van der Waals surface area contributed by atoms with E-state index >= 15 is 0 Å². The summed E-state index contributed by atoms with van der Waals surface area (Å²) in [7, 11) is 3.29. The molecule has 0 bridgehead atoms. The van der Waals surface area contributed by atoms with Crippen molar-refractivity contribution in [3.05, 3.63) is 29.8 Å². The van der Waals surface area contributed by atoms with E-state index in [0.717, 1.165) is 11.3 Å². The molecular formula is C15H20N2O4. The maximum atomic E-state index is 12.5. The average Bonchev–Trinajstić information content (AvgIpc) is 2.95. The molecular weight excluding hydrogens is 272 g/mol. The van der Waals surface area contributed by atoms with E-state index in [1.165, 1.54) is 9.80 Å². The molecule has 2 amide bonds. The van der Waals surface area contributed by atoms with Crippen LogP contribution in [-0.2, 0) is 9.53 Å². The number of ether oxygens (including phenoxy) is 1. The lowest BCUT2D eigenvalue weighted by atomic mass is 10.0. The van der Waals surface area contributed by atoms with Gasteiger partial charge < -0.3 is 14.7 Å². The van der Waals surface area contributed by atoms with E-state index in [1.54, 1.807) is 14.1 Å². The van der Waals surface area contributed by atoms with Gasteiger partial charge in [0.2, 0.25) is 0 Å². The zero-order chi connectivity index (χ0) is 15.6. The van der Waals surface area contributed by atoms with Crippen molar-refractivity contribution < 1.29 is 19.4 Å². The Bertz CT molecular complexity index is 529. The van der Waals surface area contributed by atoms with Crippen molar-refractivity contribution in [1.29, 1.82) is 0 Å². The lowest BCUT2D eigenvalue weighted by Gasteiger charge is -2.30. The number of likely N-dealkylation sites (N-methyl/N-ethyl adjacent to an activating group) is 1. The second kappa shape index (κ2) is 6.13. The Morgan fingerprint density at radius 3 is 2.38 bits per heavy atom. The zero-order valence-corrected chi connectivity index (χ0v) is 12.4. The first-order valence-electron chi connectivity index (χ1n) is 6.79. The van der Waals surface area contributed by atoms with Gasteiger partial charge in [0.15, 0.2) is 0 Å². The molecule has 2 rings (SSSR count). The summed E-state index contributed by atoms with van der Waals surface area (Å²) in [5.74, 6) is -1.61. The first-order valence-corrected chi connectivity index (χ1v) is 6.79. The van der Waals surface area contributed by atoms with Gasteiger partial charge in [0.05, 0.1) is 19.3 Å². The molecule has 0 radical (unpaired) electrons. The minimum Gasteiger partial charge on any atom is -0.481 e. The van der Waals surface area contributed by atoms with Gasteiger partial charge in [-0.2, -0.15) is 0 Å². The van der Waals surface area contributed by atoms with E-state index < -0.39 is 17.9 Å². The van der Waals surface area contributed by atoms with Crippen LogP contribution in [0.4, 0.5) is 10.5 Å². The number of carboxylic acid groups (broad SMARTS) is 1. The molecule has 1 aliphatic heterocycles. The number of carbonyl (C=O) groups excluding carboxylic acids is 1. The van der Waals surface area contributed by atoms with Gasteiger partial charge in [-0.3, -0.25) is 9.69 Å². The molecule has 0 saturated carbocycles. The van der Waals surface area contributed by atoms with E-state index in [9.17, 15) is 9.59 Å². The van der Waals surface area contributed by atoms with Gasteiger partial charge in [0, 0.05) is 19.8 Å². The molecule has 2 unspecified atom stereocenters. The van der Waals surface area contributed by atoms with Crippen molar-refractivity contribution in [3.63, 3.8) is 0 Å². The van der Waals surface area contributed by atoms with Crippen molar-refractivity contribution in [2.75, 3.05) is 32.2 Å². The SMILES string of the molecule is Cc1ccc(N(C)C(=O)N(C)C2COCC2C(=O)O)cc1. The minimum absolute atomic E-state index is 0.145. The fourth-order valence-corrected chi connectivity index (χ4v) is 2.42. The molecule has 2 atom stereocenters. The molecule has 1 aromatic rings. The lowest BCUT2D eigenvalue weighted by Crippen LogP contribution is -2.49. The molecule has 1 saturated heterocycles. The minimum atomic E-state index is -0.935. The number of rotatable bonds is 3. The summed E-state index contributed by atoms with van der Waals surface area (Å²) < 4.78 is 5.21. The van der Waals surface area contributed by atoms with Gasteiger partial charge in [-0.25, -0.2) is 4.79 Å². The highest BCUT2D eigenvalue weighted by Crippen LogP contribution is 2.22. The van der Waals surface area contributed by atoms with E-state index in [4.69, 9.17) is 9.84 Å². The summed E-state index contributed by atoms with van der Waals surface area (Å²) in [5.41, 5.74) is 1.88. The largest absolute Gasteiger partial charge is 0.481 e. The average molecular weight is 292 g/mol. The van der Waals surface area contributed by atoms with Gasteiger partial charge in [-0.15, -0.1) is 0 Å². The number of hydrogen-bond donors (Lipinski definition) is 1. The second-order valence-electron chi connectivity index (χ2n) is 5.34. The van der Waals surface area contributed by atoms with Crippen molar-refractivity contribution in [2.24, 2.45) is 5.92 Å². The van der Waals surface area contributed by atoms with E-state index in [1.807, 2.05) is 31.2 Å². The fraction of sp³-hybridized carbons (Fsp3) is 0.467. The van der Waals surface area contributed by atoms with Crippen molar-refractivity contribution in [3.8, 4) is 0 Å². The van der Waals surface area contributed by atoms with Crippen molar-refractivity contribution in [1.82, 2.24) is 4.90 Å². The van der Waals surface area contributed by atoms with Crippen LogP contribution in [0.25, 0.3) is 0 Å². The third-order valence-electron chi connectivity index (χ3n) is 3.88. The molecule has 0 aliphatic carbocycles. The van der Waals surface area contributed by atoms with Crippen molar-refractivity contribution >= 4 is 17.7 Å². The Labute approximate surface area is 123 Å². The Morgan fingerprint density at radius 2 is 1.81 bits per heavy atom. The quantitative estimate of drug-likeness (QED) is 0.918. The molecule has 1 aliphatic rings. The lowest BCUT2D eigenvalue weighted by molar-refractivity contribution is -0.142. The van der Waals surface area contributed by atoms with E-state index in [0.29, 0.717) is 0 Å². The van der Waals surface area contributed by atoms with Crippen LogP contribution in [0.1, 0.15) is 5.56 Å². The number of benzene rings is 1. The van der Waals surface area contributed by atoms with Crippen LogP contribution in [0.3, 0.4) is 0 Å². The summed E-state index contributed by atoms with van der Waals surface area (Å²) in [5, 5.41) is 9.17. The number of urea groups is 1. The summed E-state index contributed by atoms with van der Waals surface area (Å²) in [6, 6.07) is 6.89. The van der Waals surface area contributed by atoms with Crippen LogP contribution in [0.15, 0.2) is 24.3 Å². The van der Waals surface area contributed by atoms with Crippen LogP contribution in [0.5, 0.6) is 0 Å². The monoisotopic (exact) mass is 292 g/mol. The number of amides is 2.